The van der Waals surface area contributed by atoms with Crippen LogP contribution in [0.2, 0.25) is 0 Å². The molecule has 0 saturated carbocycles. The van der Waals surface area contributed by atoms with Gasteiger partial charge in [0.2, 0.25) is 6.79 Å². The van der Waals surface area contributed by atoms with Crippen molar-refractivity contribution in [2.24, 2.45) is 0 Å². The third kappa shape index (κ3) is 2.75. The quantitative estimate of drug-likeness (QED) is 0.629. The first-order valence-electron chi connectivity index (χ1n) is 7.57. The summed E-state index contributed by atoms with van der Waals surface area (Å²) in [5.74, 6) is 1.58. The molecule has 1 aliphatic rings. The molecule has 0 bridgehead atoms. The molecule has 3 nitrogen and oxygen atoms in total. The molecule has 112 valence electrons. The number of benzene rings is 2. The van der Waals surface area contributed by atoms with Crippen LogP contribution in [0.1, 0.15) is 20.3 Å². The van der Waals surface area contributed by atoms with Crippen LogP contribution in [0, 0.1) is 0 Å². The number of ether oxygens (including phenoxy) is 2. The SMILES string of the molecule is CCC.c1ccc2c(-c3ccc4c(c3)OCO4)nccc2c1. The maximum Gasteiger partial charge on any atom is 0.231 e. The molecule has 3 heteroatoms. The Balaban J connectivity index is 0.000000446. The second-order valence-electron chi connectivity index (χ2n) is 5.16. The third-order valence-corrected chi connectivity index (χ3v) is 3.32. The monoisotopic (exact) mass is 293 g/mol. The summed E-state index contributed by atoms with van der Waals surface area (Å²) < 4.78 is 10.8. The van der Waals surface area contributed by atoms with Gasteiger partial charge in [0.05, 0.1) is 5.69 Å². The van der Waals surface area contributed by atoms with E-state index in [9.17, 15) is 0 Å². The molecule has 0 amide bonds. The molecule has 3 aromatic rings. The summed E-state index contributed by atoms with van der Waals surface area (Å²) >= 11 is 0. The maximum atomic E-state index is 5.42. The van der Waals surface area contributed by atoms with Crippen molar-refractivity contribution in [2.75, 3.05) is 6.79 Å². The lowest BCUT2D eigenvalue weighted by molar-refractivity contribution is 0.174. The Labute approximate surface area is 130 Å². The molecule has 22 heavy (non-hydrogen) atoms. The molecule has 0 saturated heterocycles. The van der Waals surface area contributed by atoms with E-state index in [0.29, 0.717) is 6.79 Å². The van der Waals surface area contributed by atoms with Crippen molar-refractivity contribution in [1.29, 1.82) is 0 Å². The molecule has 1 aliphatic heterocycles. The molecule has 0 unspecified atom stereocenters. The normalized spacial score (nSPS) is 11.9. The molecule has 0 spiro atoms. The van der Waals surface area contributed by atoms with Gasteiger partial charge in [0, 0.05) is 17.1 Å². The summed E-state index contributed by atoms with van der Waals surface area (Å²) in [6.07, 6.45) is 3.09. The molecule has 4 rings (SSSR count). The molecule has 2 heterocycles. The van der Waals surface area contributed by atoms with Crippen LogP contribution in [0.15, 0.2) is 54.7 Å². The van der Waals surface area contributed by atoms with Crippen LogP contribution < -0.4 is 9.47 Å². The summed E-state index contributed by atoms with van der Waals surface area (Å²) in [4.78, 5) is 4.51. The molecule has 0 aliphatic carbocycles. The van der Waals surface area contributed by atoms with E-state index in [4.69, 9.17) is 9.47 Å². The van der Waals surface area contributed by atoms with E-state index < -0.39 is 0 Å². The van der Waals surface area contributed by atoms with Gasteiger partial charge < -0.3 is 9.47 Å². The van der Waals surface area contributed by atoms with Gasteiger partial charge in [-0.3, -0.25) is 4.98 Å². The second kappa shape index (κ2) is 6.48. The van der Waals surface area contributed by atoms with Gasteiger partial charge in [-0.15, -0.1) is 0 Å². The van der Waals surface area contributed by atoms with E-state index in [0.717, 1.165) is 28.1 Å². The zero-order valence-corrected chi connectivity index (χ0v) is 12.9. The molecule has 0 atom stereocenters. The molecular formula is C19H19NO2. The number of aromatic nitrogens is 1. The van der Waals surface area contributed by atoms with Crippen molar-refractivity contribution >= 4 is 10.8 Å². The molecule has 1 aromatic heterocycles. The smallest absolute Gasteiger partial charge is 0.231 e. The van der Waals surface area contributed by atoms with Gasteiger partial charge in [-0.1, -0.05) is 44.5 Å². The van der Waals surface area contributed by atoms with Crippen LogP contribution in [0.25, 0.3) is 22.0 Å². The van der Waals surface area contributed by atoms with Crippen LogP contribution >= 0.6 is 0 Å². The van der Waals surface area contributed by atoms with Crippen LogP contribution in [0.3, 0.4) is 0 Å². The third-order valence-electron chi connectivity index (χ3n) is 3.32. The number of pyridine rings is 1. The summed E-state index contributed by atoms with van der Waals surface area (Å²) in [5.41, 5.74) is 2.01. The van der Waals surface area contributed by atoms with Crippen LogP contribution in [0.5, 0.6) is 11.5 Å². The lowest BCUT2D eigenvalue weighted by Gasteiger charge is -2.06. The topological polar surface area (TPSA) is 31.4 Å². The zero-order chi connectivity index (χ0) is 15.4. The molecule has 0 N–H and O–H groups in total. The fraction of sp³-hybridized carbons (Fsp3) is 0.211. The van der Waals surface area contributed by atoms with E-state index in [2.05, 4.69) is 31.0 Å². The van der Waals surface area contributed by atoms with E-state index >= 15 is 0 Å². The predicted octanol–water partition coefficient (Wildman–Crippen LogP) is 5.05. The van der Waals surface area contributed by atoms with Crippen molar-refractivity contribution < 1.29 is 9.47 Å². The van der Waals surface area contributed by atoms with Gasteiger partial charge in [-0.25, -0.2) is 0 Å². The van der Waals surface area contributed by atoms with Gasteiger partial charge in [-0.2, -0.15) is 0 Å². The number of fused-ring (bicyclic) bond motifs is 2. The van der Waals surface area contributed by atoms with Gasteiger partial charge in [0.15, 0.2) is 11.5 Å². The Morgan fingerprint density at radius 1 is 0.955 bits per heavy atom. The first kappa shape index (κ1) is 14.4. The number of nitrogens with zero attached hydrogens (tertiary/aromatic N) is 1. The summed E-state index contributed by atoms with van der Waals surface area (Å²) in [5, 5.41) is 2.33. The maximum absolute atomic E-state index is 5.42. The fourth-order valence-corrected chi connectivity index (χ4v) is 2.39. The van der Waals surface area contributed by atoms with Gasteiger partial charge in [-0.05, 0) is 29.7 Å². The second-order valence-corrected chi connectivity index (χ2v) is 5.16. The lowest BCUT2D eigenvalue weighted by Crippen LogP contribution is -1.92. The van der Waals surface area contributed by atoms with Gasteiger partial charge >= 0.3 is 0 Å². The van der Waals surface area contributed by atoms with Crippen LogP contribution in [0.4, 0.5) is 0 Å². The average Bonchev–Trinajstić information content (AvgIpc) is 3.02. The van der Waals surface area contributed by atoms with Gasteiger partial charge in [0.1, 0.15) is 0 Å². The zero-order valence-electron chi connectivity index (χ0n) is 12.9. The number of rotatable bonds is 1. The van der Waals surface area contributed by atoms with E-state index in [1.165, 1.54) is 11.8 Å². The Morgan fingerprint density at radius 3 is 2.59 bits per heavy atom. The first-order chi connectivity index (χ1) is 10.8. The minimum atomic E-state index is 0.293. The predicted molar refractivity (Wildman–Crippen MR) is 89.3 cm³/mol. The van der Waals surface area contributed by atoms with Crippen molar-refractivity contribution in [3.8, 4) is 22.8 Å². The molecule has 2 aromatic carbocycles. The highest BCUT2D eigenvalue weighted by molar-refractivity contribution is 5.94. The lowest BCUT2D eigenvalue weighted by atomic mass is 10.0. The highest BCUT2D eigenvalue weighted by Gasteiger charge is 2.15. The standard InChI is InChI=1S/C16H11NO2.C3H8/c1-2-4-13-11(3-1)7-8-17-16(13)12-5-6-14-15(9-12)19-10-18-14;1-3-2/h1-9H,10H2;3H2,1-2H3. The van der Waals surface area contributed by atoms with E-state index in [1.54, 1.807) is 0 Å². The molecular weight excluding hydrogens is 274 g/mol. The Morgan fingerprint density at radius 2 is 1.73 bits per heavy atom. The number of hydrogen-bond donors (Lipinski definition) is 0. The summed E-state index contributed by atoms with van der Waals surface area (Å²) in [6, 6.07) is 16.2. The highest BCUT2D eigenvalue weighted by atomic mass is 16.7. The average molecular weight is 293 g/mol. The fourth-order valence-electron chi connectivity index (χ4n) is 2.39. The number of hydrogen-bond acceptors (Lipinski definition) is 3. The Bertz CT molecular complexity index is 778. The van der Waals surface area contributed by atoms with E-state index in [-0.39, 0.29) is 0 Å². The molecule has 0 radical (unpaired) electrons. The molecule has 0 fully saturated rings. The van der Waals surface area contributed by atoms with Crippen molar-refractivity contribution in [1.82, 2.24) is 4.98 Å². The Hall–Kier alpha value is -2.55. The van der Waals surface area contributed by atoms with Crippen LogP contribution in [-0.4, -0.2) is 11.8 Å². The minimum absolute atomic E-state index is 0.293. The van der Waals surface area contributed by atoms with Crippen molar-refractivity contribution in [2.45, 2.75) is 20.3 Å². The van der Waals surface area contributed by atoms with Crippen LogP contribution in [-0.2, 0) is 0 Å². The van der Waals surface area contributed by atoms with E-state index in [1.807, 2.05) is 42.6 Å². The minimum Gasteiger partial charge on any atom is -0.454 e. The van der Waals surface area contributed by atoms with Crippen molar-refractivity contribution in [3.05, 3.63) is 54.7 Å². The van der Waals surface area contributed by atoms with Gasteiger partial charge in [0.25, 0.3) is 0 Å². The van der Waals surface area contributed by atoms with Crippen molar-refractivity contribution in [3.63, 3.8) is 0 Å². The summed E-state index contributed by atoms with van der Waals surface area (Å²) in [7, 11) is 0. The summed E-state index contributed by atoms with van der Waals surface area (Å²) in [6.45, 7) is 4.54. The highest BCUT2D eigenvalue weighted by Crippen LogP contribution is 2.36. The first-order valence-corrected chi connectivity index (χ1v) is 7.57. The Kier molecular flexibility index (Phi) is 4.24. The largest absolute Gasteiger partial charge is 0.454 e.